The number of piperidine rings is 1. The van der Waals surface area contributed by atoms with Crippen LogP contribution in [0.5, 0.6) is 0 Å². The van der Waals surface area contributed by atoms with Gasteiger partial charge in [-0.05, 0) is 57.3 Å². The Morgan fingerprint density at radius 3 is 2.78 bits per heavy atom. The number of rotatable bonds is 3. The molecule has 2 fully saturated rings. The summed E-state index contributed by atoms with van der Waals surface area (Å²) in [5.41, 5.74) is 1.33. The molecule has 3 heterocycles. The van der Waals surface area contributed by atoms with Crippen LogP contribution in [-0.4, -0.2) is 40.4 Å². The van der Waals surface area contributed by atoms with Gasteiger partial charge in [0.15, 0.2) is 0 Å². The van der Waals surface area contributed by atoms with E-state index in [0.29, 0.717) is 0 Å². The van der Waals surface area contributed by atoms with Crippen molar-refractivity contribution in [3.05, 3.63) is 18.0 Å². The lowest BCUT2D eigenvalue weighted by molar-refractivity contribution is 0.154. The van der Waals surface area contributed by atoms with E-state index >= 15 is 0 Å². The Labute approximate surface area is 109 Å². The Bertz CT molecular complexity index is 373. The molecule has 0 radical (unpaired) electrons. The van der Waals surface area contributed by atoms with E-state index < -0.39 is 0 Å². The molecule has 0 amide bonds. The van der Waals surface area contributed by atoms with Crippen molar-refractivity contribution in [2.45, 2.75) is 38.3 Å². The van der Waals surface area contributed by atoms with Gasteiger partial charge in [0.1, 0.15) is 0 Å². The number of nitrogens with one attached hydrogen (secondary N) is 1. The maximum Gasteiger partial charge on any atom is 0.0521 e. The normalized spacial score (nSPS) is 26.8. The van der Waals surface area contributed by atoms with Crippen molar-refractivity contribution in [1.29, 1.82) is 0 Å². The van der Waals surface area contributed by atoms with Gasteiger partial charge >= 0.3 is 0 Å². The van der Waals surface area contributed by atoms with Crippen LogP contribution in [0.25, 0.3) is 0 Å². The first-order chi connectivity index (χ1) is 8.83. The summed E-state index contributed by atoms with van der Waals surface area (Å²) in [6.45, 7) is 4.78. The van der Waals surface area contributed by atoms with Gasteiger partial charge in [-0.1, -0.05) is 0 Å². The number of nitrogens with zero attached hydrogens (tertiary/aromatic N) is 3. The molecular formula is C14H24N4. The van der Waals surface area contributed by atoms with E-state index in [9.17, 15) is 0 Å². The van der Waals surface area contributed by atoms with Gasteiger partial charge in [0.05, 0.1) is 5.69 Å². The van der Waals surface area contributed by atoms with Crippen LogP contribution in [0.2, 0.25) is 0 Å². The summed E-state index contributed by atoms with van der Waals surface area (Å²) in [5.74, 6) is 0.912. The van der Waals surface area contributed by atoms with Gasteiger partial charge < -0.3 is 5.32 Å². The largest absolute Gasteiger partial charge is 0.314 e. The summed E-state index contributed by atoms with van der Waals surface area (Å²) in [4.78, 5) is 2.57. The molecule has 0 saturated carbocycles. The van der Waals surface area contributed by atoms with Crippen LogP contribution in [0.4, 0.5) is 0 Å². The Morgan fingerprint density at radius 2 is 2.17 bits per heavy atom. The van der Waals surface area contributed by atoms with Crippen molar-refractivity contribution in [2.24, 2.45) is 13.0 Å². The number of hydrogen-bond donors (Lipinski definition) is 1. The molecule has 1 N–H and O–H groups in total. The second-order valence-corrected chi connectivity index (χ2v) is 5.76. The summed E-state index contributed by atoms with van der Waals surface area (Å²) in [6, 6.07) is 2.94. The van der Waals surface area contributed by atoms with E-state index in [1.54, 1.807) is 0 Å². The molecule has 0 aromatic carbocycles. The van der Waals surface area contributed by atoms with Crippen LogP contribution in [0, 0.1) is 5.92 Å². The van der Waals surface area contributed by atoms with Crippen LogP contribution in [-0.2, 0) is 13.6 Å². The minimum absolute atomic E-state index is 0.809. The highest BCUT2D eigenvalue weighted by Crippen LogP contribution is 2.26. The van der Waals surface area contributed by atoms with E-state index in [1.165, 1.54) is 51.0 Å². The highest BCUT2D eigenvalue weighted by Gasteiger charge is 2.28. The van der Waals surface area contributed by atoms with Crippen molar-refractivity contribution >= 4 is 0 Å². The summed E-state index contributed by atoms with van der Waals surface area (Å²) < 4.78 is 1.99. The first-order valence-electron chi connectivity index (χ1n) is 7.25. The van der Waals surface area contributed by atoms with E-state index in [-0.39, 0.29) is 0 Å². The standard InChI is InChI=1S/C14H24N4/c1-17-13(4-8-16-17)11-18-9-5-12(6-10-18)14-3-2-7-15-14/h4,8,12,14-15H,2-3,5-7,9-11H2,1H3. The van der Waals surface area contributed by atoms with Crippen molar-refractivity contribution in [3.63, 3.8) is 0 Å². The lowest BCUT2D eigenvalue weighted by Gasteiger charge is -2.34. The molecule has 0 aliphatic carbocycles. The van der Waals surface area contributed by atoms with Gasteiger partial charge in [0.25, 0.3) is 0 Å². The molecule has 3 rings (SSSR count). The van der Waals surface area contributed by atoms with Crippen LogP contribution in [0.1, 0.15) is 31.4 Å². The first-order valence-corrected chi connectivity index (χ1v) is 7.25. The smallest absolute Gasteiger partial charge is 0.0521 e. The number of likely N-dealkylation sites (tertiary alicyclic amines) is 1. The maximum atomic E-state index is 4.24. The van der Waals surface area contributed by atoms with E-state index in [2.05, 4.69) is 21.4 Å². The molecule has 1 atom stereocenters. The first kappa shape index (κ1) is 12.2. The number of aromatic nitrogens is 2. The van der Waals surface area contributed by atoms with Gasteiger partial charge in [-0.15, -0.1) is 0 Å². The third-order valence-electron chi connectivity index (χ3n) is 4.61. The molecule has 18 heavy (non-hydrogen) atoms. The highest BCUT2D eigenvalue weighted by atomic mass is 15.3. The third kappa shape index (κ3) is 2.59. The SMILES string of the molecule is Cn1nccc1CN1CCC(C2CCCN2)CC1. The third-order valence-corrected chi connectivity index (χ3v) is 4.61. The van der Waals surface area contributed by atoms with Gasteiger partial charge in [-0.2, -0.15) is 5.10 Å². The van der Waals surface area contributed by atoms with Crippen LogP contribution in [0.15, 0.2) is 12.3 Å². The average Bonchev–Trinajstić information content (AvgIpc) is 3.03. The van der Waals surface area contributed by atoms with Crippen molar-refractivity contribution in [3.8, 4) is 0 Å². The zero-order valence-electron chi connectivity index (χ0n) is 11.3. The molecular weight excluding hydrogens is 224 g/mol. The molecule has 2 saturated heterocycles. The van der Waals surface area contributed by atoms with Crippen molar-refractivity contribution < 1.29 is 0 Å². The summed E-state index contributed by atoms with van der Waals surface area (Å²) in [7, 11) is 2.03. The molecule has 1 aromatic rings. The fourth-order valence-electron chi connectivity index (χ4n) is 3.41. The molecule has 4 nitrogen and oxygen atoms in total. The highest BCUT2D eigenvalue weighted by molar-refractivity contribution is 5.00. The average molecular weight is 248 g/mol. The Kier molecular flexibility index (Phi) is 3.66. The second-order valence-electron chi connectivity index (χ2n) is 5.76. The maximum absolute atomic E-state index is 4.24. The van der Waals surface area contributed by atoms with E-state index in [0.717, 1.165) is 18.5 Å². The van der Waals surface area contributed by atoms with Gasteiger partial charge in [0.2, 0.25) is 0 Å². The van der Waals surface area contributed by atoms with Crippen molar-refractivity contribution in [1.82, 2.24) is 20.0 Å². The molecule has 0 spiro atoms. The van der Waals surface area contributed by atoms with E-state index in [1.807, 2.05) is 17.9 Å². The molecule has 0 bridgehead atoms. The molecule has 2 aliphatic rings. The molecule has 1 aromatic heterocycles. The van der Waals surface area contributed by atoms with Crippen molar-refractivity contribution in [2.75, 3.05) is 19.6 Å². The topological polar surface area (TPSA) is 33.1 Å². The minimum Gasteiger partial charge on any atom is -0.314 e. The lowest BCUT2D eigenvalue weighted by atomic mass is 9.88. The minimum atomic E-state index is 0.809. The molecule has 4 heteroatoms. The van der Waals surface area contributed by atoms with Crippen LogP contribution in [0.3, 0.4) is 0 Å². The summed E-state index contributed by atoms with van der Waals surface area (Å²) in [5, 5.41) is 7.90. The Balaban J connectivity index is 1.49. The van der Waals surface area contributed by atoms with Crippen LogP contribution >= 0.6 is 0 Å². The fraction of sp³-hybridized carbons (Fsp3) is 0.786. The zero-order chi connectivity index (χ0) is 12.4. The predicted octanol–water partition coefficient (Wildman–Crippen LogP) is 1.38. The van der Waals surface area contributed by atoms with Gasteiger partial charge in [-0.25, -0.2) is 0 Å². The van der Waals surface area contributed by atoms with Gasteiger partial charge in [-0.3, -0.25) is 9.58 Å². The molecule has 1 unspecified atom stereocenters. The molecule has 100 valence electrons. The van der Waals surface area contributed by atoms with E-state index in [4.69, 9.17) is 0 Å². The monoisotopic (exact) mass is 248 g/mol. The van der Waals surface area contributed by atoms with Crippen LogP contribution < -0.4 is 5.32 Å². The number of hydrogen-bond acceptors (Lipinski definition) is 3. The quantitative estimate of drug-likeness (QED) is 0.877. The summed E-state index contributed by atoms with van der Waals surface area (Å²) >= 11 is 0. The second kappa shape index (κ2) is 5.41. The Morgan fingerprint density at radius 1 is 1.33 bits per heavy atom. The predicted molar refractivity (Wildman–Crippen MR) is 72.2 cm³/mol. The lowest BCUT2D eigenvalue weighted by Crippen LogP contribution is -2.40. The number of aryl methyl sites for hydroxylation is 1. The summed E-state index contributed by atoms with van der Waals surface area (Å²) in [6.07, 6.45) is 7.38. The zero-order valence-corrected chi connectivity index (χ0v) is 11.3. The Hall–Kier alpha value is -0.870. The van der Waals surface area contributed by atoms with Gasteiger partial charge in [0, 0.05) is 25.8 Å². The molecule has 2 aliphatic heterocycles. The fourth-order valence-corrected chi connectivity index (χ4v) is 3.41.